The van der Waals surface area contributed by atoms with E-state index in [9.17, 15) is 9.59 Å². The number of carboxylic acid groups (broad SMARTS) is 1. The van der Waals surface area contributed by atoms with Crippen LogP contribution in [-0.4, -0.2) is 41.2 Å². The molecule has 0 spiro atoms. The molecule has 1 saturated heterocycles. The molecule has 10 heteroatoms. The zero-order valence-electron chi connectivity index (χ0n) is 19.2. The maximum absolute atomic E-state index is 12.8. The van der Waals surface area contributed by atoms with Crippen molar-refractivity contribution in [2.24, 2.45) is 4.99 Å². The van der Waals surface area contributed by atoms with Crippen LogP contribution in [0.1, 0.15) is 21.5 Å². The van der Waals surface area contributed by atoms with Crippen LogP contribution < -0.4 is 9.47 Å². The summed E-state index contributed by atoms with van der Waals surface area (Å²) in [7, 11) is 3.14. The summed E-state index contributed by atoms with van der Waals surface area (Å²) in [5.41, 5.74) is 2.28. The zero-order chi connectivity index (χ0) is 25.8. The van der Waals surface area contributed by atoms with E-state index >= 15 is 0 Å². The van der Waals surface area contributed by atoms with Crippen LogP contribution in [0.2, 0.25) is 10.0 Å². The molecule has 4 rings (SSSR count). The molecule has 0 bridgehead atoms. The fourth-order valence-electron chi connectivity index (χ4n) is 3.29. The van der Waals surface area contributed by atoms with Crippen LogP contribution >= 0.6 is 35.0 Å². The van der Waals surface area contributed by atoms with Crippen molar-refractivity contribution in [1.82, 2.24) is 4.90 Å². The van der Waals surface area contributed by atoms with Crippen LogP contribution in [0.5, 0.6) is 11.5 Å². The average Bonchev–Trinajstić information content (AvgIpc) is 3.12. The van der Waals surface area contributed by atoms with Gasteiger partial charge in [0.05, 0.1) is 28.3 Å². The molecule has 1 aliphatic heterocycles. The van der Waals surface area contributed by atoms with Gasteiger partial charge in [-0.1, -0.05) is 35.3 Å². The number of ether oxygens (including phenoxy) is 2. The number of hydrogen-bond donors (Lipinski definition) is 1. The van der Waals surface area contributed by atoms with Crippen molar-refractivity contribution in [3.8, 4) is 11.5 Å². The van der Waals surface area contributed by atoms with Crippen molar-refractivity contribution >= 4 is 63.8 Å². The van der Waals surface area contributed by atoms with Gasteiger partial charge in [0.25, 0.3) is 5.91 Å². The zero-order valence-corrected chi connectivity index (χ0v) is 21.5. The van der Waals surface area contributed by atoms with Gasteiger partial charge in [0, 0.05) is 12.1 Å². The Morgan fingerprint density at radius 1 is 1.11 bits per heavy atom. The number of halogens is 2. The third kappa shape index (κ3) is 5.84. The number of carboxylic acids is 1. The molecule has 0 aromatic heterocycles. The summed E-state index contributed by atoms with van der Waals surface area (Å²) in [6, 6.07) is 16.8. The Bertz CT molecular complexity index is 1370. The maximum Gasteiger partial charge on any atom is 0.335 e. The molecule has 0 radical (unpaired) electrons. The van der Waals surface area contributed by atoms with Crippen LogP contribution in [0.25, 0.3) is 6.08 Å². The molecule has 36 heavy (non-hydrogen) atoms. The van der Waals surface area contributed by atoms with Crippen molar-refractivity contribution in [3.05, 3.63) is 92.3 Å². The number of amides is 1. The lowest BCUT2D eigenvalue weighted by Crippen LogP contribution is -2.23. The van der Waals surface area contributed by atoms with Gasteiger partial charge in [-0.3, -0.25) is 9.69 Å². The first-order valence-electron chi connectivity index (χ1n) is 10.6. The molecule has 1 amide bonds. The second-order valence-corrected chi connectivity index (χ2v) is 9.52. The van der Waals surface area contributed by atoms with Gasteiger partial charge in [0.2, 0.25) is 0 Å². The number of carbonyl (C=O) groups excluding carboxylic acids is 1. The van der Waals surface area contributed by atoms with E-state index in [2.05, 4.69) is 4.99 Å². The van der Waals surface area contributed by atoms with Crippen LogP contribution in [0.15, 0.2) is 70.6 Å². The lowest BCUT2D eigenvalue weighted by molar-refractivity contribution is -0.121. The quantitative estimate of drug-likeness (QED) is 0.342. The molecule has 0 unspecified atom stereocenters. The maximum atomic E-state index is 12.8. The second-order valence-electron chi connectivity index (χ2n) is 7.67. The summed E-state index contributed by atoms with van der Waals surface area (Å²) in [4.78, 5) is 30.2. The predicted octanol–water partition coefficient (Wildman–Crippen LogP) is 6.51. The first-order chi connectivity index (χ1) is 17.2. The SMILES string of the molecule is COc1cc(/C=C2\SC(=Nc3ccc(C(=O)O)cc3)N(C)C2=O)cc(Cl)c1OCc1ccc(Cl)cc1. The molecule has 0 aliphatic carbocycles. The molecule has 1 aliphatic rings. The van der Waals surface area contributed by atoms with Gasteiger partial charge in [-0.25, -0.2) is 9.79 Å². The lowest BCUT2D eigenvalue weighted by Gasteiger charge is -2.13. The number of rotatable bonds is 7. The standard InChI is InChI=1S/C26H20Cl2N2O5S/c1-30-24(31)22(36-26(30)29-19-9-5-17(6-10-19)25(32)33)13-16-11-20(28)23(21(12-16)34-2)35-14-15-3-7-18(27)8-4-15/h3-13H,14H2,1-2H3,(H,32,33)/b22-13-,29-26?. The third-order valence-corrected chi connectivity index (χ3v) is 6.78. The number of aromatic carboxylic acids is 1. The number of carbonyl (C=O) groups is 2. The fraction of sp³-hybridized carbons (Fsp3) is 0.115. The van der Waals surface area contributed by atoms with Gasteiger partial charge < -0.3 is 14.6 Å². The summed E-state index contributed by atoms with van der Waals surface area (Å²) in [6.45, 7) is 0.278. The Morgan fingerprint density at radius 3 is 2.44 bits per heavy atom. The average molecular weight is 543 g/mol. The number of amidine groups is 1. The Balaban J connectivity index is 1.55. The monoisotopic (exact) mass is 542 g/mol. The fourth-order valence-corrected chi connectivity index (χ4v) is 4.68. The first-order valence-corrected chi connectivity index (χ1v) is 12.2. The molecule has 1 heterocycles. The van der Waals surface area contributed by atoms with Crippen molar-refractivity contribution in [3.63, 3.8) is 0 Å². The Kier molecular flexibility index (Phi) is 7.88. The van der Waals surface area contributed by atoms with Crippen molar-refractivity contribution < 1.29 is 24.2 Å². The van der Waals surface area contributed by atoms with Crippen LogP contribution in [-0.2, 0) is 11.4 Å². The minimum absolute atomic E-state index is 0.162. The van der Waals surface area contributed by atoms with Crippen molar-refractivity contribution in [2.45, 2.75) is 6.61 Å². The van der Waals surface area contributed by atoms with E-state index in [4.69, 9.17) is 37.8 Å². The number of hydrogen-bond acceptors (Lipinski definition) is 6. The molecule has 7 nitrogen and oxygen atoms in total. The molecule has 0 atom stereocenters. The normalized spacial score (nSPS) is 15.6. The summed E-state index contributed by atoms with van der Waals surface area (Å²) < 4.78 is 11.4. The molecule has 1 N–H and O–H groups in total. The van der Waals surface area contributed by atoms with E-state index in [0.717, 1.165) is 5.56 Å². The first kappa shape index (κ1) is 25.6. The second kappa shape index (κ2) is 11.1. The van der Waals surface area contributed by atoms with E-state index < -0.39 is 5.97 Å². The number of thioether (sulfide) groups is 1. The van der Waals surface area contributed by atoms with Gasteiger partial charge in [0.1, 0.15) is 6.61 Å². The van der Waals surface area contributed by atoms with Gasteiger partial charge in [-0.2, -0.15) is 0 Å². The molecule has 1 fully saturated rings. The summed E-state index contributed by atoms with van der Waals surface area (Å²) in [5.74, 6) is -0.415. The topological polar surface area (TPSA) is 88.4 Å². The van der Waals surface area contributed by atoms with E-state index in [1.54, 1.807) is 49.5 Å². The number of likely N-dealkylation sites (N-methyl/N-ethyl adjacent to an activating group) is 1. The number of methoxy groups -OCH3 is 1. The number of nitrogens with zero attached hydrogens (tertiary/aromatic N) is 2. The highest BCUT2D eigenvalue weighted by molar-refractivity contribution is 8.18. The largest absolute Gasteiger partial charge is 0.493 e. The van der Waals surface area contributed by atoms with Gasteiger partial charge in [0.15, 0.2) is 16.7 Å². The summed E-state index contributed by atoms with van der Waals surface area (Å²) in [5, 5.41) is 10.5. The minimum atomic E-state index is -1.02. The molecule has 0 saturated carbocycles. The molecule has 3 aromatic rings. The number of benzene rings is 3. The van der Waals surface area contributed by atoms with E-state index in [1.807, 2.05) is 12.1 Å². The van der Waals surface area contributed by atoms with Gasteiger partial charge in [-0.05, 0) is 77.5 Å². The van der Waals surface area contributed by atoms with E-state index in [1.165, 1.54) is 35.9 Å². The van der Waals surface area contributed by atoms with Gasteiger partial charge >= 0.3 is 5.97 Å². The Labute approximate surface area is 221 Å². The van der Waals surface area contributed by atoms with Gasteiger partial charge in [-0.15, -0.1) is 0 Å². The highest BCUT2D eigenvalue weighted by Crippen LogP contribution is 2.39. The van der Waals surface area contributed by atoms with Crippen LogP contribution in [0.4, 0.5) is 5.69 Å². The van der Waals surface area contributed by atoms with E-state index in [0.29, 0.717) is 42.9 Å². The summed E-state index contributed by atoms with van der Waals surface area (Å²) >= 11 is 13.6. The third-order valence-electron chi connectivity index (χ3n) is 5.19. The van der Waals surface area contributed by atoms with Crippen LogP contribution in [0.3, 0.4) is 0 Å². The molecular formula is C26H20Cl2N2O5S. The Morgan fingerprint density at radius 2 is 1.81 bits per heavy atom. The lowest BCUT2D eigenvalue weighted by atomic mass is 10.1. The van der Waals surface area contributed by atoms with Crippen LogP contribution in [0, 0.1) is 0 Å². The summed E-state index contributed by atoms with van der Waals surface area (Å²) in [6.07, 6.45) is 1.71. The highest BCUT2D eigenvalue weighted by Gasteiger charge is 2.30. The van der Waals surface area contributed by atoms with E-state index in [-0.39, 0.29) is 18.1 Å². The molecule has 184 valence electrons. The molecule has 3 aromatic carbocycles. The van der Waals surface area contributed by atoms with Crippen molar-refractivity contribution in [1.29, 1.82) is 0 Å². The smallest absolute Gasteiger partial charge is 0.335 e. The minimum Gasteiger partial charge on any atom is -0.493 e. The Hall–Kier alpha value is -3.46. The van der Waals surface area contributed by atoms with Crippen molar-refractivity contribution in [2.75, 3.05) is 14.2 Å². The number of aliphatic imine (C=N–C) groups is 1. The highest BCUT2D eigenvalue weighted by atomic mass is 35.5. The molecular weight excluding hydrogens is 523 g/mol. The predicted molar refractivity (Wildman–Crippen MR) is 143 cm³/mol.